The minimum absolute atomic E-state index is 0.208. The summed E-state index contributed by atoms with van der Waals surface area (Å²) in [6, 6.07) is 8.85. The van der Waals surface area contributed by atoms with Crippen molar-refractivity contribution < 1.29 is 15.0 Å². The van der Waals surface area contributed by atoms with E-state index in [0.29, 0.717) is 24.7 Å². The molecule has 0 heterocycles. The molecule has 0 aliphatic heterocycles. The molecule has 174 valence electrons. The number of carbonyl (C=O) groups is 1. The van der Waals surface area contributed by atoms with Gasteiger partial charge < -0.3 is 15.1 Å². The molecule has 0 saturated heterocycles. The Kier molecular flexibility index (Phi) is 5.54. The molecule has 2 fully saturated rings. The van der Waals surface area contributed by atoms with Crippen LogP contribution in [-0.4, -0.2) is 42.3 Å². The molecule has 4 nitrogen and oxygen atoms in total. The van der Waals surface area contributed by atoms with Gasteiger partial charge in [0, 0.05) is 37.5 Å². The fraction of sp³-hybridized carbons (Fsp3) is 0.552. The summed E-state index contributed by atoms with van der Waals surface area (Å²) < 4.78 is 0. The molecule has 1 aromatic carbocycles. The normalized spacial score (nSPS) is 35.1. The zero-order valence-electron chi connectivity index (χ0n) is 20.0. The van der Waals surface area contributed by atoms with Crippen LogP contribution in [0.1, 0.15) is 63.4 Å². The van der Waals surface area contributed by atoms with Gasteiger partial charge in [-0.2, -0.15) is 0 Å². The Morgan fingerprint density at radius 2 is 1.88 bits per heavy atom. The van der Waals surface area contributed by atoms with Crippen molar-refractivity contribution >= 4 is 11.5 Å². The van der Waals surface area contributed by atoms with E-state index in [4.69, 9.17) is 0 Å². The summed E-state index contributed by atoms with van der Waals surface area (Å²) in [5.41, 5.74) is 5.26. The van der Waals surface area contributed by atoms with E-state index < -0.39 is 5.60 Å². The van der Waals surface area contributed by atoms with Gasteiger partial charge in [-0.3, -0.25) is 4.79 Å². The van der Waals surface area contributed by atoms with E-state index >= 15 is 0 Å². The van der Waals surface area contributed by atoms with Crippen molar-refractivity contribution in [3.8, 4) is 11.8 Å². The monoisotopic (exact) mass is 445 g/mol. The van der Waals surface area contributed by atoms with Crippen molar-refractivity contribution in [2.45, 2.75) is 63.4 Å². The van der Waals surface area contributed by atoms with E-state index in [1.165, 1.54) is 28.0 Å². The SMILES string of the molecule is CN(C)c1ccc(C2C[C@@]3(C)[C@@H](CC[C@@]3(O)C#CCO)[C@@H]3CCC4=CC(=O)CCC4=C23)cc1. The fourth-order valence-corrected chi connectivity index (χ4v) is 7.36. The van der Waals surface area contributed by atoms with Crippen LogP contribution in [0.4, 0.5) is 5.69 Å². The molecule has 2 saturated carbocycles. The predicted molar refractivity (Wildman–Crippen MR) is 131 cm³/mol. The van der Waals surface area contributed by atoms with Crippen LogP contribution >= 0.6 is 0 Å². The minimum Gasteiger partial charge on any atom is -0.384 e. The van der Waals surface area contributed by atoms with Crippen molar-refractivity contribution in [2.75, 3.05) is 25.6 Å². The third-order valence-corrected chi connectivity index (χ3v) is 9.07. The van der Waals surface area contributed by atoms with Gasteiger partial charge in [0.1, 0.15) is 12.2 Å². The van der Waals surface area contributed by atoms with Gasteiger partial charge in [0.2, 0.25) is 0 Å². The number of carbonyl (C=O) groups excluding carboxylic acids is 1. The number of hydrogen-bond acceptors (Lipinski definition) is 4. The molecule has 0 spiro atoms. The first-order chi connectivity index (χ1) is 15.8. The number of fused-ring (bicyclic) bond motifs is 4. The number of anilines is 1. The lowest BCUT2D eigenvalue weighted by atomic mass is 9.51. The predicted octanol–water partition coefficient (Wildman–Crippen LogP) is 4.38. The van der Waals surface area contributed by atoms with Crippen molar-refractivity contribution in [2.24, 2.45) is 17.3 Å². The fourth-order valence-electron chi connectivity index (χ4n) is 7.36. The van der Waals surface area contributed by atoms with E-state index in [2.05, 4.69) is 62.0 Å². The van der Waals surface area contributed by atoms with Crippen LogP contribution in [0.5, 0.6) is 0 Å². The lowest BCUT2D eigenvalue weighted by Gasteiger charge is -2.53. The average molecular weight is 446 g/mol. The van der Waals surface area contributed by atoms with Crippen LogP contribution in [-0.2, 0) is 4.79 Å². The number of ketones is 1. The number of aliphatic hydroxyl groups is 2. The van der Waals surface area contributed by atoms with Crippen molar-refractivity contribution in [1.29, 1.82) is 0 Å². The Balaban J connectivity index is 1.66. The van der Waals surface area contributed by atoms with Gasteiger partial charge in [0.15, 0.2) is 5.78 Å². The Labute approximate surface area is 197 Å². The van der Waals surface area contributed by atoms with E-state index in [-0.39, 0.29) is 23.7 Å². The smallest absolute Gasteiger partial charge is 0.156 e. The molecule has 2 N–H and O–H groups in total. The summed E-state index contributed by atoms with van der Waals surface area (Å²) in [5, 5.41) is 21.1. The summed E-state index contributed by atoms with van der Waals surface area (Å²) in [7, 11) is 4.11. The number of aliphatic hydroxyl groups excluding tert-OH is 1. The van der Waals surface area contributed by atoms with Crippen LogP contribution in [0.2, 0.25) is 0 Å². The maximum atomic E-state index is 12.2. The molecular weight excluding hydrogens is 410 g/mol. The first-order valence-electron chi connectivity index (χ1n) is 12.3. The maximum Gasteiger partial charge on any atom is 0.156 e. The Morgan fingerprint density at radius 3 is 2.58 bits per heavy atom. The second-order valence-electron chi connectivity index (χ2n) is 10.8. The van der Waals surface area contributed by atoms with Crippen molar-refractivity contribution in [3.63, 3.8) is 0 Å². The van der Waals surface area contributed by atoms with E-state index in [1.54, 1.807) is 0 Å². The second kappa shape index (κ2) is 8.15. The molecular formula is C29H35NO3. The van der Waals surface area contributed by atoms with E-state index in [1.807, 2.05) is 6.08 Å². The molecule has 1 aromatic rings. The number of benzene rings is 1. The number of hydrogen-bond donors (Lipinski definition) is 2. The summed E-state index contributed by atoms with van der Waals surface area (Å²) in [4.78, 5) is 14.3. The highest BCUT2D eigenvalue weighted by Gasteiger charge is 2.62. The highest BCUT2D eigenvalue weighted by molar-refractivity contribution is 5.93. The molecule has 1 unspecified atom stereocenters. The highest BCUT2D eigenvalue weighted by Crippen LogP contribution is 2.66. The van der Waals surface area contributed by atoms with E-state index in [9.17, 15) is 15.0 Å². The topological polar surface area (TPSA) is 60.8 Å². The van der Waals surface area contributed by atoms with Crippen LogP contribution in [0.25, 0.3) is 0 Å². The number of nitrogens with zero attached hydrogens (tertiary/aromatic N) is 1. The van der Waals surface area contributed by atoms with Gasteiger partial charge in [0.25, 0.3) is 0 Å². The van der Waals surface area contributed by atoms with Gasteiger partial charge in [-0.1, -0.05) is 36.5 Å². The molecule has 0 amide bonds. The van der Waals surface area contributed by atoms with Crippen LogP contribution in [0, 0.1) is 29.1 Å². The van der Waals surface area contributed by atoms with Gasteiger partial charge in [-0.05, 0) is 85.3 Å². The Bertz CT molecular complexity index is 1090. The third kappa shape index (κ3) is 3.49. The minimum atomic E-state index is -1.07. The first-order valence-corrected chi connectivity index (χ1v) is 12.3. The van der Waals surface area contributed by atoms with Gasteiger partial charge in [-0.15, -0.1) is 0 Å². The zero-order valence-corrected chi connectivity index (χ0v) is 20.0. The molecule has 33 heavy (non-hydrogen) atoms. The lowest BCUT2D eigenvalue weighted by molar-refractivity contribution is -0.114. The summed E-state index contributed by atoms with van der Waals surface area (Å²) in [6.45, 7) is 2.01. The zero-order chi connectivity index (χ0) is 23.4. The molecule has 5 rings (SSSR count). The van der Waals surface area contributed by atoms with Crippen LogP contribution in [0.15, 0.2) is 47.1 Å². The Morgan fingerprint density at radius 1 is 1.12 bits per heavy atom. The molecule has 0 radical (unpaired) electrons. The third-order valence-electron chi connectivity index (χ3n) is 9.07. The lowest BCUT2D eigenvalue weighted by Crippen LogP contribution is -2.51. The standard InChI is InChI=1S/C29H35NO3/c1-28-18-25(19-5-8-21(9-6-19)30(2)3)27-23-12-10-22(32)17-20(23)7-11-24(27)26(28)13-15-29(28,33)14-4-16-31/h5-6,8-9,17,24-26,31,33H,7,10-13,15-16,18H2,1-3H3/t24-,25?,26-,28-,29-/m0/s1. The quantitative estimate of drug-likeness (QED) is 0.664. The summed E-state index contributed by atoms with van der Waals surface area (Å²) in [5.74, 6) is 7.10. The van der Waals surface area contributed by atoms with Crippen LogP contribution in [0.3, 0.4) is 0 Å². The number of rotatable bonds is 2. The first kappa shape index (κ1) is 22.4. The molecule has 4 aliphatic rings. The number of allylic oxidation sites excluding steroid dienone is 4. The average Bonchev–Trinajstić information content (AvgIpc) is 3.07. The van der Waals surface area contributed by atoms with Gasteiger partial charge in [0.05, 0.1) is 0 Å². The largest absolute Gasteiger partial charge is 0.384 e. The molecule has 4 aliphatic carbocycles. The van der Waals surface area contributed by atoms with Crippen LogP contribution < -0.4 is 4.90 Å². The molecule has 5 atom stereocenters. The Hall–Kier alpha value is -2.35. The van der Waals surface area contributed by atoms with Crippen molar-refractivity contribution in [3.05, 3.63) is 52.6 Å². The second-order valence-corrected chi connectivity index (χ2v) is 10.8. The summed E-state index contributed by atoms with van der Waals surface area (Å²) in [6.07, 6.45) is 7.80. The maximum absolute atomic E-state index is 12.2. The van der Waals surface area contributed by atoms with Gasteiger partial charge >= 0.3 is 0 Å². The molecule has 0 bridgehead atoms. The van der Waals surface area contributed by atoms with Gasteiger partial charge in [-0.25, -0.2) is 0 Å². The molecule has 0 aromatic heterocycles. The summed E-state index contributed by atoms with van der Waals surface area (Å²) >= 11 is 0. The molecule has 4 heteroatoms. The van der Waals surface area contributed by atoms with Crippen molar-refractivity contribution in [1.82, 2.24) is 0 Å². The van der Waals surface area contributed by atoms with E-state index in [0.717, 1.165) is 32.1 Å². The highest BCUT2D eigenvalue weighted by atomic mass is 16.3.